The molecule has 8 heteroatoms. The van der Waals surface area contributed by atoms with Crippen molar-refractivity contribution in [3.63, 3.8) is 0 Å². The van der Waals surface area contributed by atoms with Crippen molar-refractivity contribution in [2.45, 2.75) is 75.0 Å². The number of likely N-dealkylation sites (tertiary alicyclic amines) is 1. The van der Waals surface area contributed by atoms with Gasteiger partial charge in [0.2, 0.25) is 11.8 Å². The summed E-state index contributed by atoms with van der Waals surface area (Å²) < 4.78 is 5.54. The zero-order valence-electron chi connectivity index (χ0n) is 20.7. The van der Waals surface area contributed by atoms with Crippen LogP contribution < -0.4 is 5.32 Å². The standard InChI is InChI=1S/C27H36N4O4/c1-30(2)27(11-5-6-12-27)26(34)28-17-19-15-23(29-35-19)18-9-13-31(14-10-18)25(33)22-16-24(32)21-8-4-3-7-20(21)22/h3-4,7-8,15,18,22,24,32H,5-6,9-14,16-17H2,1-2H3,(H,28,34)/t22-,24+/m1/s1. The van der Waals surface area contributed by atoms with Crippen molar-refractivity contribution in [1.82, 2.24) is 20.3 Å². The lowest BCUT2D eigenvalue weighted by atomic mass is 9.91. The van der Waals surface area contributed by atoms with Gasteiger partial charge in [0.15, 0.2) is 5.76 Å². The van der Waals surface area contributed by atoms with Crippen molar-refractivity contribution < 1.29 is 19.2 Å². The van der Waals surface area contributed by atoms with Gasteiger partial charge in [-0.3, -0.25) is 14.5 Å². The first-order chi connectivity index (χ1) is 16.9. The third kappa shape index (κ3) is 4.49. The first kappa shape index (κ1) is 24.0. The summed E-state index contributed by atoms with van der Waals surface area (Å²) in [5.41, 5.74) is 2.32. The summed E-state index contributed by atoms with van der Waals surface area (Å²) in [5, 5.41) is 17.7. The number of nitrogens with zero attached hydrogens (tertiary/aromatic N) is 3. The second kappa shape index (κ2) is 9.74. The third-order valence-electron chi connectivity index (χ3n) is 8.42. The predicted octanol–water partition coefficient (Wildman–Crippen LogP) is 3.09. The Balaban J connectivity index is 1.14. The SMILES string of the molecule is CN(C)C1(C(=O)NCc2cc(C3CCN(C(=O)[C@@H]4C[C@H](O)c5ccccc54)CC3)no2)CCCC1. The van der Waals surface area contributed by atoms with Gasteiger partial charge in [0.1, 0.15) is 0 Å². The van der Waals surface area contributed by atoms with Crippen LogP contribution in [0.4, 0.5) is 0 Å². The maximum atomic E-state index is 13.2. The van der Waals surface area contributed by atoms with E-state index in [0.29, 0.717) is 31.8 Å². The van der Waals surface area contributed by atoms with Crippen molar-refractivity contribution in [1.29, 1.82) is 0 Å². The van der Waals surface area contributed by atoms with Gasteiger partial charge in [0, 0.05) is 25.1 Å². The summed E-state index contributed by atoms with van der Waals surface area (Å²) in [4.78, 5) is 30.1. The van der Waals surface area contributed by atoms with E-state index in [1.165, 1.54) is 0 Å². The lowest BCUT2D eigenvalue weighted by Gasteiger charge is -2.34. The molecule has 3 aliphatic rings. The molecule has 1 aromatic carbocycles. The molecule has 0 spiro atoms. The molecule has 2 aliphatic carbocycles. The van der Waals surface area contributed by atoms with E-state index in [9.17, 15) is 14.7 Å². The maximum absolute atomic E-state index is 13.2. The fourth-order valence-electron chi connectivity index (χ4n) is 6.23. The molecule has 8 nitrogen and oxygen atoms in total. The van der Waals surface area contributed by atoms with Crippen LogP contribution >= 0.6 is 0 Å². The molecule has 2 aromatic rings. The average molecular weight is 481 g/mol. The molecule has 2 atom stereocenters. The molecule has 35 heavy (non-hydrogen) atoms. The summed E-state index contributed by atoms with van der Waals surface area (Å²) >= 11 is 0. The van der Waals surface area contributed by atoms with Crippen LogP contribution in [-0.4, -0.2) is 64.6 Å². The molecule has 188 valence electrons. The van der Waals surface area contributed by atoms with Crippen LogP contribution in [0.5, 0.6) is 0 Å². The topological polar surface area (TPSA) is 98.9 Å². The minimum absolute atomic E-state index is 0.0587. The van der Waals surface area contributed by atoms with Crippen LogP contribution in [0.3, 0.4) is 0 Å². The fourth-order valence-corrected chi connectivity index (χ4v) is 6.23. The number of nitrogens with one attached hydrogen (secondary N) is 1. The summed E-state index contributed by atoms with van der Waals surface area (Å²) in [7, 11) is 3.95. The highest BCUT2D eigenvalue weighted by molar-refractivity contribution is 5.86. The summed E-state index contributed by atoms with van der Waals surface area (Å²) in [6.45, 7) is 1.67. The van der Waals surface area contributed by atoms with E-state index in [4.69, 9.17) is 4.52 Å². The van der Waals surface area contributed by atoms with E-state index in [2.05, 4.69) is 10.5 Å². The maximum Gasteiger partial charge on any atom is 0.240 e. The summed E-state index contributed by atoms with van der Waals surface area (Å²) in [6.07, 6.45) is 5.47. The Kier molecular flexibility index (Phi) is 6.68. The number of rotatable bonds is 6. The Morgan fingerprint density at radius 2 is 1.86 bits per heavy atom. The number of hydrogen-bond donors (Lipinski definition) is 2. The Morgan fingerprint density at radius 1 is 1.17 bits per heavy atom. The highest BCUT2D eigenvalue weighted by Gasteiger charge is 2.43. The molecule has 1 aliphatic heterocycles. The molecule has 2 heterocycles. The van der Waals surface area contributed by atoms with Gasteiger partial charge < -0.3 is 19.8 Å². The minimum atomic E-state index is -0.562. The van der Waals surface area contributed by atoms with Crippen LogP contribution in [0.2, 0.25) is 0 Å². The number of likely N-dealkylation sites (N-methyl/N-ethyl adjacent to an activating group) is 1. The summed E-state index contributed by atoms with van der Waals surface area (Å²) in [5.74, 6) is 0.804. The molecule has 0 unspecified atom stereocenters. The number of amides is 2. The molecular weight excluding hydrogens is 444 g/mol. The zero-order chi connectivity index (χ0) is 24.6. The highest BCUT2D eigenvalue weighted by Crippen LogP contribution is 2.42. The first-order valence-electron chi connectivity index (χ1n) is 12.9. The predicted molar refractivity (Wildman–Crippen MR) is 131 cm³/mol. The molecular formula is C27H36N4O4. The number of piperidine rings is 1. The average Bonchev–Trinajstić information content (AvgIpc) is 3.62. The van der Waals surface area contributed by atoms with E-state index in [-0.39, 0.29) is 23.7 Å². The molecule has 2 amide bonds. The third-order valence-corrected chi connectivity index (χ3v) is 8.42. The second-order valence-corrected chi connectivity index (χ2v) is 10.6. The van der Waals surface area contributed by atoms with Crippen LogP contribution in [-0.2, 0) is 16.1 Å². The van der Waals surface area contributed by atoms with Crippen LogP contribution in [0.1, 0.15) is 85.5 Å². The Bertz CT molecular complexity index is 1070. The minimum Gasteiger partial charge on any atom is -0.388 e. The van der Waals surface area contributed by atoms with E-state index in [0.717, 1.165) is 55.3 Å². The van der Waals surface area contributed by atoms with E-state index >= 15 is 0 Å². The largest absolute Gasteiger partial charge is 0.388 e. The number of aromatic nitrogens is 1. The van der Waals surface area contributed by atoms with Gasteiger partial charge in [-0.15, -0.1) is 0 Å². The van der Waals surface area contributed by atoms with Crippen LogP contribution in [0, 0.1) is 0 Å². The first-order valence-corrected chi connectivity index (χ1v) is 12.9. The van der Waals surface area contributed by atoms with Gasteiger partial charge in [-0.1, -0.05) is 42.3 Å². The Morgan fingerprint density at radius 3 is 2.54 bits per heavy atom. The van der Waals surface area contributed by atoms with Gasteiger partial charge in [-0.25, -0.2) is 0 Å². The number of hydrogen-bond acceptors (Lipinski definition) is 6. The number of fused-ring (bicyclic) bond motifs is 1. The lowest BCUT2D eigenvalue weighted by Crippen LogP contribution is -2.54. The normalized spacial score (nSPS) is 24.1. The van der Waals surface area contributed by atoms with Crippen molar-refractivity contribution in [2.75, 3.05) is 27.2 Å². The van der Waals surface area contributed by atoms with Gasteiger partial charge in [0.25, 0.3) is 0 Å². The molecule has 2 fully saturated rings. The summed E-state index contributed by atoms with van der Waals surface area (Å²) in [6, 6.07) is 9.67. The quantitative estimate of drug-likeness (QED) is 0.659. The molecule has 1 saturated heterocycles. The van der Waals surface area contributed by atoms with E-state index in [1.54, 1.807) is 0 Å². The monoisotopic (exact) mass is 480 g/mol. The van der Waals surface area contributed by atoms with Gasteiger partial charge in [0.05, 0.1) is 29.8 Å². The smallest absolute Gasteiger partial charge is 0.240 e. The number of carbonyl (C=O) groups excluding carboxylic acids is 2. The second-order valence-electron chi connectivity index (χ2n) is 10.6. The van der Waals surface area contributed by atoms with E-state index < -0.39 is 11.6 Å². The van der Waals surface area contributed by atoms with Gasteiger partial charge in [-0.05, 0) is 57.3 Å². The Hall–Kier alpha value is -2.71. The van der Waals surface area contributed by atoms with Crippen molar-refractivity contribution in [3.8, 4) is 0 Å². The molecule has 5 rings (SSSR count). The molecule has 0 bridgehead atoms. The fraction of sp³-hybridized carbons (Fsp3) is 0.593. The van der Waals surface area contributed by atoms with Crippen molar-refractivity contribution >= 4 is 11.8 Å². The molecule has 1 aromatic heterocycles. The zero-order valence-corrected chi connectivity index (χ0v) is 20.7. The Labute approximate surface area is 206 Å². The van der Waals surface area contributed by atoms with Gasteiger partial charge in [-0.2, -0.15) is 0 Å². The molecule has 2 N–H and O–H groups in total. The number of benzene rings is 1. The number of aliphatic hydroxyl groups excluding tert-OH is 1. The molecule has 0 radical (unpaired) electrons. The van der Waals surface area contributed by atoms with Crippen molar-refractivity contribution in [3.05, 3.63) is 52.9 Å². The van der Waals surface area contributed by atoms with Crippen LogP contribution in [0.15, 0.2) is 34.9 Å². The van der Waals surface area contributed by atoms with E-state index in [1.807, 2.05) is 54.2 Å². The van der Waals surface area contributed by atoms with Crippen LogP contribution in [0.25, 0.3) is 0 Å². The number of carbonyl (C=O) groups is 2. The van der Waals surface area contributed by atoms with Crippen molar-refractivity contribution in [2.24, 2.45) is 0 Å². The van der Waals surface area contributed by atoms with Gasteiger partial charge >= 0.3 is 0 Å². The lowest BCUT2D eigenvalue weighted by molar-refractivity contribution is -0.134. The number of aliphatic hydroxyl groups is 1. The highest BCUT2D eigenvalue weighted by atomic mass is 16.5. The molecule has 1 saturated carbocycles.